The zero-order chi connectivity index (χ0) is 25.2. The Bertz CT molecular complexity index is 1060. The van der Waals surface area contributed by atoms with Crippen LogP contribution in [0.1, 0.15) is 69.2 Å². The lowest BCUT2D eigenvalue weighted by Gasteiger charge is -2.47. The standard InChI is InChI=1S/C27H35F2N3O3/c1-16(2)9-19-10-20-24(13-27(7-4-8-27)35-26(20)31-14-19)30-15-25(34)23(32-17(3)33)12-18-5-6-21(28)22(29)11-18/h5-6,10-11,14,16,23-25,30,34H,4,7-9,12-13,15H2,1-3H3,(H,32,33)/t23-,24-,25+/m0/s1. The van der Waals surface area contributed by atoms with Gasteiger partial charge in [0.25, 0.3) is 0 Å². The molecule has 2 heterocycles. The Morgan fingerprint density at radius 3 is 2.60 bits per heavy atom. The fourth-order valence-corrected chi connectivity index (χ4v) is 5.09. The molecule has 35 heavy (non-hydrogen) atoms. The van der Waals surface area contributed by atoms with Crippen molar-refractivity contribution in [3.63, 3.8) is 0 Å². The van der Waals surface area contributed by atoms with E-state index in [4.69, 9.17) is 4.74 Å². The van der Waals surface area contributed by atoms with Crippen molar-refractivity contribution in [2.24, 2.45) is 5.92 Å². The van der Waals surface area contributed by atoms with Crippen molar-refractivity contribution >= 4 is 5.91 Å². The molecular weight excluding hydrogens is 452 g/mol. The minimum absolute atomic E-state index is 0.0467. The SMILES string of the molecule is CC(=O)N[C@@H](Cc1ccc(F)c(F)c1)[C@H](O)CN[C@H]1CC2(CCC2)Oc2ncc(CC(C)C)cc21. The van der Waals surface area contributed by atoms with E-state index in [9.17, 15) is 18.7 Å². The second-order valence-corrected chi connectivity index (χ2v) is 10.5. The molecule has 0 bridgehead atoms. The highest BCUT2D eigenvalue weighted by atomic mass is 19.2. The van der Waals surface area contributed by atoms with E-state index in [2.05, 4.69) is 35.5 Å². The quantitative estimate of drug-likeness (QED) is 0.498. The summed E-state index contributed by atoms with van der Waals surface area (Å²) in [6.45, 7) is 5.92. The van der Waals surface area contributed by atoms with Crippen molar-refractivity contribution in [2.75, 3.05) is 6.54 Å². The molecule has 1 spiro atoms. The smallest absolute Gasteiger partial charge is 0.218 e. The molecule has 4 rings (SSSR count). The maximum absolute atomic E-state index is 13.7. The van der Waals surface area contributed by atoms with Gasteiger partial charge in [-0.1, -0.05) is 19.9 Å². The van der Waals surface area contributed by atoms with Crippen molar-refractivity contribution in [1.29, 1.82) is 0 Å². The van der Waals surface area contributed by atoms with Crippen molar-refractivity contribution in [3.8, 4) is 5.88 Å². The van der Waals surface area contributed by atoms with Gasteiger partial charge in [-0.3, -0.25) is 4.79 Å². The minimum Gasteiger partial charge on any atom is -0.471 e. The van der Waals surface area contributed by atoms with Crippen LogP contribution in [0, 0.1) is 17.6 Å². The third-order valence-corrected chi connectivity index (χ3v) is 6.98. The third-order valence-electron chi connectivity index (χ3n) is 6.98. The molecule has 0 radical (unpaired) electrons. The summed E-state index contributed by atoms with van der Waals surface area (Å²) < 4.78 is 33.3. The summed E-state index contributed by atoms with van der Waals surface area (Å²) in [5, 5.41) is 17.2. The fourth-order valence-electron chi connectivity index (χ4n) is 5.09. The lowest BCUT2D eigenvalue weighted by molar-refractivity contribution is -0.120. The summed E-state index contributed by atoms with van der Waals surface area (Å²) in [5.41, 5.74) is 2.41. The molecule has 0 unspecified atom stereocenters. The first kappa shape index (κ1) is 25.5. The number of hydrogen-bond acceptors (Lipinski definition) is 5. The van der Waals surface area contributed by atoms with Crippen LogP contribution in [0.5, 0.6) is 5.88 Å². The van der Waals surface area contributed by atoms with Crippen LogP contribution >= 0.6 is 0 Å². The number of benzene rings is 1. The number of aromatic nitrogens is 1. The summed E-state index contributed by atoms with van der Waals surface area (Å²) >= 11 is 0. The van der Waals surface area contributed by atoms with Gasteiger partial charge in [-0.25, -0.2) is 13.8 Å². The molecular formula is C27H35F2N3O3. The Morgan fingerprint density at radius 2 is 1.97 bits per heavy atom. The number of rotatable bonds is 9. The number of hydrogen-bond donors (Lipinski definition) is 3. The Kier molecular flexibility index (Phi) is 7.71. The van der Waals surface area contributed by atoms with E-state index < -0.39 is 23.8 Å². The van der Waals surface area contributed by atoms with Gasteiger partial charge in [0.15, 0.2) is 11.6 Å². The number of nitrogens with zero attached hydrogens (tertiary/aromatic N) is 1. The number of carbonyl (C=O) groups is 1. The third kappa shape index (κ3) is 6.16. The van der Waals surface area contributed by atoms with Gasteiger partial charge in [-0.2, -0.15) is 0 Å². The molecule has 1 aromatic heterocycles. The lowest BCUT2D eigenvalue weighted by Crippen LogP contribution is -2.52. The molecule has 1 aliphatic carbocycles. The molecule has 190 valence electrons. The molecule has 1 aromatic carbocycles. The van der Waals surface area contributed by atoms with Gasteiger partial charge in [-0.05, 0) is 67.3 Å². The number of amides is 1. The van der Waals surface area contributed by atoms with Gasteiger partial charge in [0.1, 0.15) is 5.60 Å². The number of halogens is 2. The van der Waals surface area contributed by atoms with Crippen LogP contribution in [-0.4, -0.2) is 40.3 Å². The summed E-state index contributed by atoms with van der Waals surface area (Å²) in [6.07, 6.45) is 5.90. The maximum atomic E-state index is 13.7. The molecule has 3 N–H and O–H groups in total. The van der Waals surface area contributed by atoms with Crippen LogP contribution in [0.25, 0.3) is 0 Å². The predicted octanol–water partition coefficient (Wildman–Crippen LogP) is 4.00. The number of pyridine rings is 1. The van der Waals surface area contributed by atoms with E-state index in [0.717, 1.165) is 55.4 Å². The zero-order valence-electron chi connectivity index (χ0n) is 20.6. The van der Waals surface area contributed by atoms with Crippen LogP contribution in [0.15, 0.2) is 30.5 Å². The van der Waals surface area contributed by atoms with Crippen LogP contribution in [0.4, 0.5) is 8.78 Å². The summed E-state index contributed by atoms with van der Waals surface area (Å²) in [7, 11) is 0. The molecule has 8 heteroatoms. The summed E-state index contributed by atoms with van der Waals surface area (Å²) in [5.74, 6) is -1.04. The Balaban J connectivity index is 1.49. The minimum atomic E-state index is -0.953. The van der Waals surface area contributed by atoms with E-state index in [1.807, 2.05) is 6.20 Å². The second-order valence-electron chi connectivity index (χ2n) is 10.5. The molecule has 2 aromatic rings. The highest BCUT2D eigenvalue weighted by molar-refractivity contribution is 5.73. The highest BCUT2D eigenvalue weighted by Crippen LogP contribution is 2.48. The van der Waals surface area contributed by atoms with E-state index in [-0.39, 0.29) is 30.5 Å². The molecule has 1 aliphatic heterocycles. The van der Waals surface area contributed by atoms with Gasteiger partial charge in [0.2, 0.25) is 11.8 Å². The lowest BCUT2D eigenvalue weighted by atomic mass is 9.73. The first-order valence-corrected chi connectivity index (χ1v) is 12.4. The topological polar surface area (TPSA) is 83.5 Å². The van der Waals surface area contributed by atoms with Crippen LogP contribution in [0.3, 0.4) is 0 Å². The van der Waals surface area contributed by atoms with Gasteiger partial charge in [0.05, 0.1) is 12.1 Å². The van der Waals surface area contributed by atoms with Crippen molar-refractivity contribution in [1.82, 2.24) is 15.6 Å². The second kappa shape index (κ2) is 10.6. The monoisotopic (exact) mass is 487 g/mol. The van der Waals surface area contributed by atoms with Gasteiger partial charge < -0.3 is 20.5 Å². The van der Waals surface area contributed by atoms with Crippen molar-refractivity contribution in [3.05, 3.63) is 58.8 Å². The van der Waals surface area contributed by atoms with Crippen molar-refractivity contribution in [2.45, 2.75) is 83.1 Å². The normalized spacial score (nSPS) is 20.0. The number of fused-ring (bicyclic) bond motifs is 1. The van der Waals surface area contributed by atoms with Gasteiger partial charge in [-0.15, -0.1) is 0 Å². The average Bonchev–Trinajstić information content (AvgIpc) is 2.77. The van der Waals surface area contributed by atoms with E-state index >= 15 is 0 Å². The Hall–Kier alpha value is -2.58. The molecule has 1 amide bonds. The van der Waals surface area contributed by atoms with Crippen LogP contribution < -0.4 is 15.4 Å². The van der Waals surface area contributed by atoms with Gasteiger partial charge in [0, 0.05) is 37.7 Å². The maximum Gasteiger partial charge on any atom is 0.218 e. The number of nitrogens with one attached hydrogen (secondary N) is 2. The van der Waals surface area contributed by atoms with Gasteiger partial charge >= 0.3 is 0 Å². The van der Waals surface area contributed by atoms with E-state index in [1.165, 1.54) is 13.0 Å². The van der Waals surface area contributed by atoms with Crippen LogP contribution in [0.2, 0.25) is 0 Å². The predicted molar refractivity (Wildman–Crippen MR) is 129 cm³/mol. The Morgan fingerprint density at radius 1 is 1.20 bits per heavy atom. The van der Waals surface area contributed by atoms with Crippen molar-refractivity contribution < 1.29 is 23.4 Å². The fraction of sp³-hybridized carbons (Fsp3) is 0.556. The number of aliphatic hydroxyl groups excluding tert-OH is 1. The highest BCUT2D eigenvalue weighted by Gasteiger charge is 2.46. The molecule has 2 aliphatic rings. The van der Waals surface area contributed by atoms with E-state index in [1.54, 1.807) is 0 Å². The number of carbonyl (C=O) groups excluding carboxylic acids is 1. The molecule has 3 atom stereocenters. The molecule has 1 fully saturated rings. The summed E-state index contributed by atoms with van der Waals surface area (Å²) in [4.78, 5) is 16.4. The van der Waals surface area contributed by atoms with E-state index in [0.29, 0.717) is 17.4 Å². The molecule has 6 nitrogen and oxygen atoms in total. The molecule has 0 saturated heterocycles. The zero-order valence-corrected chi connectivity index (χ0v) is 20.6. The largest absolute Gasteiger partial charge is 0.471 e. The average molecular weight is 488 g/mol. The van der Waals surface area contributed by atoms with Crippen LogP contribution in [-0.2, 0) is 17.6 Å². The Labute approximate surface area is 205 Å². The molecule has 1 saturated carbocycles. The number of ether oxygens (including phenoxy) is 1. The number of aliphatic hydroxyl groups is 1. The summed E-state index contributed by atoms with van der Waals surface area (Å²) in [6, 6.07) is 5.05. The first-order valence-electron chi connectivity index (χ1n) is 12.4. The first-order chi connectivity index (χ1) is 16.6.